The lowest BCUT2D eigenvalue weighted by Crippen LogP contribution is -2.33. The monoisotopic (exact) mass is 237 g/mol. The predicted molar refractivity (Wildman–Crippen MR) is 70.7 cm³/mol. The molecule has 0 aromatic rings. The maximum absolute atomic E-state index is 11.5. The average molecular weight is 237 g/mol. The molecule has 0 saturated heterocycles. The van der Waals surface area contributed by atoms with Gasteiger partial charge in [0, 0.05) is 17.4 Å². The molecule has 0 aromatic carbocycles. The normalized spacial score (nSPS) is 25.5. The number of carbonyl (C=O) groups is 1. The van der Waals surface area contributed by atoms with Crippen molar-refractivity contribution in [1.82, 2.24) is 0 Å². The highest BCUT2D eigenvalue weighted by atomic mass is 16.3. The van der Waals surface area contributed by atoms with E-state index in [0.717, 1.165) is 6.42 Å². The van der Waals surface area contributed by atoms with Crippen molar-refractivity contribution in [2.75, 3.05) is 0 Å². The van der Waals surface area contributed by atoms with Gasteiger partial charge in [-0.05, 0) is 26.7 Å². The number of carbonyl (C=O) groups excluding carboxylic acids is 1. The van der Waals surface area contributed by atoms with Gasteiger partial charge in [0.2, 0.25) is 0 Å². The summed E-state index contributed by atoms with van der Waals surface area (Å²) in [6, 6.07) is 0. The van der Waals surface area contributed by atoms with E-state index in [0.29, 0.717) is 17.9 Å². The van der Waals surface area contributed by atoms with Gasteiger partial charge in [-0.25, -0.2) is 0 Å². The number of hydrogen-bond acceptors (Lipinski definition) is 2. The van der Waals surface area contributed by atoms with Crippen molar-refractivity contribution >= 4 is 5.78 Å². The molecule has 1 atom stereocenters. The maximum Gasteiger partial charge on any atom is 0.159 e. The van der Waals surface area contributed by atoms with E-state index >= 15 is 0 Å². The molecule has 1 rings (SSSR count). The topological polar surface area (TPSA) is 37.3 Å². The molecule has 0 aliphatic heterocycles. The molecular weight excluding hydrogens is 212 g/mol. The minimum Gasteiger partial charge on any atom is -0.512 e. The predicted octanol–water partition coefficient (Wildman–Crippen LogP) is 4.22. The van der Waals surface area contributed by atoms with Crippen LogP contribution in [0.4, 0.5) is 0 Å². The molecule has 0 amide bonds. The zero-order valence-electron chi connectivity index (χ0n) is 11.8. The van der Waals surface area contributed by atoms with Crippen molar-refractivity contribution < 1.29 is 9.90 Å². The third-order valence-electron chi connectivity index (χ3n) is 4.20. The highest BCUT2D eigenvalue weighted by Crippen LogP contribution is 2.47. The quantitative estimate of drug-likeness (QED) is 0.453. The van der Waals surface area contributed by atoms with Gasteiger partial charge in [-0.3, -0.25) is 4.79 Å². The van der Waals surface area contributed by atoms with Crippen molar-refractivity contribution in [2.45, 2.75) is 60.3 Å². The average Bonchev–Trinajstić information content (AvgIpc) is 2.14. The molecule has 1 unspecified atom stereocenters. The Labute approximate surface area is 105 Å². The van der Waals surface area contributed by atoms with Gasteiger partial charge in [-0.2, -0.15) is 0 Å². The second-order valence-electron chi connectivity index (χ2n) is 6.07. The van der Waals surface area contributed by atoms with Gasteiger partial charge in [-0.1, -0.05) is 13.8 Å². The van der Waals surface area contributed by atoms with Gasteiger partial charge < -0.3 is 5.11 Å². The fourth-order valence-corrected chi connectivity index (χ4v) is 3.04. The largest absolute Gasteiger partial charge is 0.512 e. The van der Waals surface area contributed by atoms with Crippen molar-refractivity contribution in [1.29, 1.82) is 0 Å². The number of Topliss-reactive ketones (excluding diaryl/α,β-unsaturated/α-hetero) is 1. The Balaban J connectivity index is 2.91. The van der Waals surface area contributed by atoms with Gasteiger partial charge in [0.15, 0.2) is 5.78 Å². The van der Waals surface area contributed by atoms with Gasteiger partial charge >= 0.3 is 0 Å². The summed E-state index contributed by atoms with van der Waals surface area (Å²) in [7, 11) is 0. The standard InChI is InChI=1S/C15H24O2/c1-10-7-6-8-15(4,5)14(10)9-13(11(2)16)12(3)17/h14H,6-9H2,1-5H3/p+1. The lowest BCUT2D eigenvalue weighted by atomic mass is 9.62. The first-order chi connectivity index (χ1) is 7.75. The first-order valence-corrected chi connectivity index (χ1v) is 6.47. The lowest BCUT2D eigenvalue weighted by Gasteiger charge is -2.36. The van der Waals surface area contributed by atoms with E-state index in [-0.39, 0.29) is 17.0 Å². The Kier molecular flexibility index (Phi) is 4.29. The van der Waals surface area contributed by atoms with Crippen LogP contribution in [0.3, 0.4) is 0 Å². The molecule has 17 heavy (non-hydrogen) atoms. The van der Waals surface area contributed by atoms with Crippen LogP contribution in [0.1, 0.15) is 60.3 Å². The molecule has 96 valence electrons. The fraction of sp³-hybridized carbons (Fsp3) is 0.733. The number of allylic oxidation sites excluding steroid dienone is 2. The molecule has 1 aliphatic carbocycles. The highest BCUT2D eigenvalue weighted by molar-refractivity contribution is 5.93. The van der Waals surface area contributed by atoms with Crippen LogP contribution in [0.5, 0.6) is 0 Å². The Bertz CT molecular complexity index is 322. The lowest BCUT2D eigenvalue weighted by molar-refractivity contribution is -0.114. The molecule has 2 heteroatoms. The molecule has 0 radical (unpaired) electrons. The van der Waals surface area contributed by atoms with Crippen LogP contribution in [0.25, 0.3) is 0 Å². The first kappa shape index (κ1) is 14.1. The molecule has 1 fully saturated rings. The second kappa shape index (κ2) is 5.16. The van der Waals surface area contributed by atoms with Gasteiger partial charge in [0.25, 0.3) is 0 Å². The second-order valence-corrected chi connectivity index (χ2v) is 6.07. The van der Waals surface area contributed by atoms with Crippen LogP contribution in [0, 0.1) is 17.3 Å². The summed E-state index contributed by atoms with van der Waals surface area (Å²) in [6.07, 6.45) is 4.29. The molecule has 1 saturated carbocycles. The van der Waals surface area contributed by atoms with Crippen LogP contribution in [0.2, 0.25) is 0 Å². The highest BCUT2D eigenvalue weighted by Gasteiger charge is 2.45. The Morgan fingerprint density at radius 3 is 2.41 bits per heavy atom. The molecule has 1 aliphatic rings. The van der Waals surface area contributed by atoms with Crippen LogP contribution in [-0.4, -0.2) is 10.9 Å². The molecule has 0 aromatic heterocycles. The van der Waals surface area contributed by atoms with Crippen LogP contribution in [-0.2, 0) is 4.79 Å². The van der Waals surface area contributed by atoms with E-state index < -0.39 is 0 Å². The van der Waals surface area contributed by atoms with Crippen molar-refractivity contribution in [3.05, 3.63) is 17.3 Å². The molecule has 0 spiro atoms. The minimum absolute atomic E-state index is 0.000765. The number of aliphatic hydroxyl groups excluding tert-OH is 1. The smallest absolute Gasteiger partial charge is 0.159 e. The maximum atomic E-state index is 11.5. The third kappa shape index (κ3) is 3.27. The Hall–Kier alpha value is -0.920. The van der Waals surface area contributed by atoms with Gasteiger partial charge in [-0.15, -0.1) is 0 Å². The van der Waals surface area contributed by atoms with E-state index in [1.165, 1.54) is 18.8 Å². The Morgan fingerprint density at radius 1 is 1.41 bits per heavy atom. The van der Waals surface area contributed by atoms with Crippen LogP contribution in [0.15, 0.2) is 11.3 Å². The molecular formula is C15H25O2+. The number of rotatable bonds is 3. The van der Waals surface area contributed by atoms with E-state index in [9.17, 15) is 9.90 Å². The summed E-state index contributed by atoms with van der Waals surface area (Å²) in [5.41, 5.74) is 0.836. The number of aliphatic hydroxyl groups is 1. The van der Waals surface area contributed by atoms with Gasteiger partial charge in [0.1, 0.15) is 5.92 Å². The van der Waals surface area contributed by atoms with Crippen LogP contribution >= 0.6 is 0 Å². The minimum atomic E-state index is -0.000765. The van der Waals surface area contributed by atoms with Crippen molar-refractivity contribution in [3.63, 3.8) is 0 Å². The zero-order valence-corrected chi connectivity index (χ0v) is 11.8. The SMILES string of the molecule is CC(=O)/C(CC1[C+](C)CCCC1(C)C)=C(\C)O. The first-order valence-electron chi connectivity index (χ1n) is 6.47. The van der Waals surface area contributed by atoms with Crippen molar-refractivity contribution in [3.8, 4) is 0 Å². The molecule has 0 bridgehead atoms. The summed E-state index contributed by atoms with van der Waals surface area (Å²) < 4.78 is 0. The molecule has 1 N–H and O–H groups in total. The number of ketones is 1. The van der Waals surface area contributed by atoms with Gasteiger partial charge in [0.05, 0.1) is 25.0 Å². The number of hydrogen-bond donors (Lipinski definition) is 1. The summed E-state index contributed by atoms with van der Waals surface area (Å²) in [4.78, 5) is 11.5. The summed E-state index contributed by atoms with van der Waals surface area (Å²) >= 11 is 0. The van der Waals surface area contributed by atoms with E-state index in [2.05, 4.69) is 20.8 Å². The van der Waals surface area contributed by atoms with Crippen molar-refractivity contribution in [2.24, 2.45) is 11.3 Å². The van der Waals surface area contributed by atoms with E-state index in [4.69, 9.17) is 0 Å². The molecule has 2 nitrogen and oxygen atoms in total. The summed E-state index contributed by atoms with van der Waals surface area (Å²) in [5, 5.41) is 9.62. The van der Waals surface area contributed by atoms with E-state index in [1.54, 1.807) is 13.8 Å². The Morgan fingerprint density at radius 2 is 2.00 bits per heavy atom. The third-order valence-corrected chi connectivity index (χ3v) is 4.20. The zero-order chi connectivity index (χ0) is 13.2. The summed E-state index contributed by atoms with van der Waals surface area (Å²) in [6.45, 7) is 9.88. The van der Waals surface area contributed by atoms with Crippen LogP contribution < -0.4 is 0 Å². The summed E-state index contributed by atoms with van der Waals surface area (Å²) in [5.74, 6) is 2.07. The van der Waals surface area contributed by atoms with E-state index in [1.807, 2.05) is 0 Å². The molecule has 0 heterocycles. The fourth-order valence-electron chi connectivity index (χ4n) is 3.04.